The van der Waals surface area contributed by atoms with Crippen LogP contribution < -0.4 is 10.2 Å². The maximum Gasteiger partial charge on any atom is 0.333 e. The van der Waals surface area contributed by atoms with Gasteiger partial charge in [0, 0.05) is 25.2 Å². The van der Waals surface area contributed by atoms with Crippen molar-refractivity contribution in [3.05, 3.63) is 35.6 Å². The molecule has 3 atom stereocenters. The first-order chi connectivity index (χ1) is 10.6. The lowest BCUT2D eigenvalue weighted by molar-refractivity contribution is -0.191. The van der Waals surface area contributed by atoms with E-state index >= 15 is 0 Å². The van der Waals surface area contributed by atoms with Crippen LogP contribution in [0, 0.1) is 0 Å². The molecule has 8 heteroatoms. The number of rotatable bonds is 1. The maximum absolute atomic E-state index is 11.8. The molecule has 1 aromatic rings. The molecular formula is C14H12ClN3O4. The zero-order valence-corrected chi connectivity index (χ0v) is 12.1. The normalized spacial score (nSPS) is 34.5. The number of ether oxygens (including phenoxy) is 2. The molecule has 7 nitrogen and oxygen atoms in total. The van der Waals surface area contributed by atoms with Crippen LogP contribution >= 0.6 is 11.6 Å². The van der Waals surface area contributed by atoms with Crippen LogP contribution in [0.1, 0.15) is 0 Å². The summed E-state index contributed by atoms with van der Waals surface area (Å²) in [5.74, 6) is -1.11. The topological polar surface area (TPSA) is 80.8 Å². The van der Waals surface area contributed by atoms with E-state index in [1.165, 1.54) is 0 Å². The standard InChI is InChI=1S/C14H12ClN3O4/c15-10-2-1-8(5-16-10)18-6-9-14(7-17-9)13(18)21-11(19)3-4-12(20)22-14/h1-5,9,13,17H,6-7H2/b4-3+. The first-order valence-electron chi connectivity index (χ1n) is 6.82. The molecule has 1 N–H and O–H groups in total. The lowest BCUT2D eigenvalue weighted by Crippen LogP contribution is -2.72. The summed E-state index contributed by atoms with van der Waals surface area (Å²) in [6, 6.07) is 3.35. The van der Waals surface area contributed by atoms with Crippen molar-refractivity contribution in [1.29, 1.82) is 0 Å². The van der Waals surface area contributed by atoms with Crippen molar-refractivity contribution in [3.63, 3.8) is 0 Å². The summed E-state index contributed by atoms with van der Waals surface area (Å²) < 4.78 is 11.1. The molecule has 3 aliphatic heterocycles. The van der Waals surface area contributed by atoms with Gasteiger partial charge in [0.15, 0.2) is 5.60 Å². The predicted octanol–water partition coefficient (Wildman–Crippen LogP) is 0.248. The average Bonchev–Trinajstić information content (AvgIpc) is 2.66. The molecule has 0 bridgehead atoms. The summed E-state index contributed by atoms with van der Waals surface area (Å²) in [7, 11) is 0. The van der Waals surface area contributed by atoms with Gasteiger partial charge in [0.1, 0.15) is 5.15 Å². The first-order valence-corrected chi connectivity index (χ1v) is 7.19. The molecule has 0 aliphatic carbocycles. The van der Waals surface area contributed by atoms with Gasteiger partial charge in [-0.05, 0) is 12.1 Å². The van der Waals surface area contributed by atoms with E-state index in [-0.39, 0.29) is 6.04 Å². The summed E-state index contributed by atoms with van der Waals surface area (Å²) in [6.45, 7) is 0.973. The third kappa shape index (κ3) is 1.89. The van der Waals surface area contributed by atoms with E-state index in [0.29, 0.717) is 18.2 Å². The molecule has 22 heavy (non-hydrogen) atoms. The van der Waals surface area contributed by atoms with Gasteiger partial charge < -0.3 is 19.7 Å². The predicted molar refractivity (Wildman–Crippen MR) is 76.2 cm³/mol. The molecule has 4 heterocycles. The summed E-state index contributed by atoms with van der Waals surface area (Å²) in [6.07, 6.45) is 3.08. The van der Waals surface area contributed by atoms with Gasteiger partial charge in [0.05, 0.1) is 17.9 Å². The van der Waals surface area contributed by atoms with Crippen LogP contribution in [0.25, 0.3) is 0 Å². The van der Waals surface area contributed by atoms with E-state index in [2.05, 4.69) is 10.3 Å². The monoisotopic (exact) mass is 321 g/mol. The Kier molecular flexibility index (Phi) is 2.88. The maximum atomic E-state index is 11.8. The number of pyridine rings is 1. The van der Waals surface area contributed by atoms with Crippen LogP contribution in [0.3, 0.4) is 0 Å². The Labute approximate surface area is 130 Å². The fourth-order valence-electron chi connectivity index (χ4n) is 3.09. The third-order valence-corrected chi connectivity index (χ3v) is 4.44. The van der Waals surface area contributed by atoms with Crippen molar-refractivity contribution >= 4 is 29.2 Å². The highest BCUT2D eigenvalue weighted by atomic mass is 35.5. The van der Waals surface area contributed by atoms with Gasteiger partial charge in [-0.2, -0.15) is 0 Å². The number of halogens is 1. The number of hydrogen-bond donors (Lipinski definition) is 1. The van der Waals surface area contributed by atoms with Crippen LogP contribution in [-0.4, -0.2) is 47.9 Å². The van der Waals surface area contributed by atoms with E-state index < -0.39 is 23.8 Å². The van der Waals surface area contributed by atoms with Gasteiger partial charge in [0.25, 0.3) is 0 Å². The molecule has 0 aromatic carbocycles. The molecule has 0 saturated carbocycles. The molecule has 1 spiro atoms. The van der Waals surface area contributed by atoms with E-state index in [4.69, 9.17) is 21.1 Å². The molecular weight excluding hydrogens is 310 g/mol. The van der Waals surface area contributed by atoms with E-state index in [1.54, 1.807) is 18.3 Å². The van der Waals surface area contributed by atoms with Gasteiger partial charge in [-0.15, -0.1) is 0 Å². The zero-order valence-electron chi connectivity index (χ0n) is 11.4. The van der Waals surface area contributed by atoms with Crippen LogP contribution in [0.4, 0.5) is 5.69 Å². The lowest BCUT2D eigenvalue weighted by atomic mass is 9.87. The summed E-state index contributed by atoms with van der Waals surface area (Å²) in [4.78, 5) is 29.5. The minimum absolute atomic E-state index is 0.101. The minimum Gasteiger partial charge on any atom is -0.447 e. The van der Waals surface area contributed by atoms with Crippen LogP contribution in [0.5, 0.6) is 0 Å². The van der Waals surface area contributed by atoms with Crippen molar-refractivity contribution in [2.75, 3.05) is 18.0 Å². The fourth-order valence-corrected chi connectivity index (χ4v) is 3.20. The van der Waals surface area contributed by atoms with Crippen molar-refractivity contribution in [2.45, 2.75) is 17.9 Å². The molecule has 3 aliphatic rings. The average molecular weight is 322 g/mol. The quantitative estimate of drug-likeness (QED) is 0.586. The highest BCUT2D eigenvalue weighted by Crippen LogP contribution is 2.41. The smallest absolute Gasteiger partial charge is 0.333 e. The zero-order chi connectivity index (χ0) is 15.3. The largest absolute Gasteiger partial charge is 0.447 e. The third-order valence-electron chi connectivity index (χ3n) is 4.21. The number of nitrogens with zero attached hydrogens (tertiary/aromatic N) is 2. The Bertz CT molecular complexity index is 677. The number of anilines is 1. The number of aromatic nitrogens is 1. The number of hydrogen-bond acceptors (Lipinski definition) is 7. The van der Waals surface area contributed by atoms with Crippen LogP contribution in [-0.2, 0) is 19.1 Å². The summed E-state index contributed by atoms with van der Waals surface area (Å²) in [5, 5.41) is 3.59. The molecule has 2 fully saturated rings. The Morgan fingerprint density at radius 3 is 2.82 bits per heavy atom. The van der Waals surface area contributed by atoms with E-state index in [1.807, 2.05) is 4.90 Å². The Hall–Kier alpha value is -2.12. The Balaban J connectivity index is 1.73. The summed E-state index contributed by atoms with van der Waals surface area (Å²) in [5.41, 5.74) is -0.115. The highest BCUT2D eigenvalue weighted by molar-refractivity contribution is 6.29. The highest BCUT2D eigenvalue weighted by Gasteiger charge is 2.65. The molecule has 0 amide bonds. The molecule has 3 unspecified atom stereocenters. The van der Waals surface area contributed by atoms with Crippen molar-refractivity contribution in [1.82, 2.24) is 10.3 Å². The Morgan fingerprint density at radius 1 is 1.32 bits per heavy atom. The van der Waals surface area contributed by atoms with Gasteiger partial charge >= 0.3 is 11.9 Å². The van der Waals surface area contributed by atoms with Gasteiger partial charge in [-0.1, -0.05) is 11.6 Å². The van der Waals surface area contributed by atoms with Crippen LogP contribution in [0.2, 0.25) is 5.15 Å². The molecule has 114 valence electrons. The van der Waals surface area contributed by atoms with Crippen molar-refractivity contribution in [2.24, 2.45) is 0 Å². The van der Waals surface area contributed by atoms with Gasteiger partial charge in [0.2, 0.25) is 6.23 Å². The number of carbonyl (C=O) groups excluding carboxylic acids is 2. The Morgan fingerprint density at radius 2 is 2.14 bits per heavy atom. The second-order valence-electron chi connectivity index (χ2n) is 5.42. The van der Waals surface area contributed by atoms with Gasteiger partial charge in [-0.3, -0.25) is 0 Å². The molecule has 1 aromatic heterocycles. The SMILES string of the molecule is O=C1/C=C/C(=O)OC23CNC2CN(c2ccc(Cl)nc2)C3O1. The molecule has 4 rings (SSSR count). The minimum atomic E-state index is -0.864. The van der Waals surface area contributed by atoms with Crippen molar-refractivity contribution in [3.8, 4) is 0 Å². The van der Waals surface area contributed by atoms with E-state index in [9.17, 15) is 9.59 Å². The molecule has 0 radical (unpaired) electrons. The van der Waals surface area contributed by atoms with Gasteiger partial charge in [-0.25, -0.2) is 14.6 Å². The van der Waals surface area contributed by atoms with Crippen LogP contribution in [0.15, 0.2) is 30.5 Å². The van der Waals surface area contributed by atoms with Crippen molar-refractivity contribution < 1.29 is 19.1 Å². The second kappa shape index (κ2) is 4.69. The number of carbonyl (C=O) groups is 2. The second-order valence-corrected chi connectivity index (χ2v) is 5.81. The number of esters is 2. The summed E-state index contributed by atoms with van der Waals surface area (Å²) >= 11 is 5.81. The first kappa shape index (κ1) is 13.5. The fraction of sp³-hybridized carbons (Fsp3) is 0.357. The van der Waals surface area contributed by atoms with E-state index in [0.717, 1.165) is 17.8 Å². The lowest BCUT2D eigenvalue weighted by Gasteiger charge is -2.46. The number of nitrogens with one attached hydrogen (secondary N) is 1. The molecule has 2 saturated heterocycles.